The molecule has 0 amide bonds. The van der Waals surface area contributed by atoms with Gasteiger partial charge in [0.15, 0.2) is 5.82 Å². The van der Waals surface area contributed by atoms with Gasteiger partial charge in [0.1, 0.15) is 0 Å². The zero-order valence-electron chi connectivity index (χ0n) is 38.1. The van der Waals surface area contributed by atoms with E-state index in [-0.39, 0.29) is 38.9 Å². The highest BCUT2D eigenvalue weighted by Crippen LogP contribution is 2.41. The van der Waals surface area contributed by atoms with Crippen molar-refractivity contribution in [3.8, 4) is 50.7 Å². The summed E-state index contributed by atoms with van der Waals surface area (Å²) in [4.78, 5) is 10.1. The minimum absolute atomic E-state index is 0.0797. The summed E-state index contributed by atoms with van der Waals surface area (Å²) in [5, 5.41) is 1.61. The van der Waals surface area contributed by atoms with Crippen LogP contribution in [0.5, 0.6) is 0 Å². The summed E-state index contributed by atoms with van der Waals surface area (Å²) in [5.41, 5.74) is 2.61. The van der Waals surface area contributed by atoms with Gasteiger partial charge in [0.05, 0.1) is 38.9 Å². The predicted octanol–water partition coefficient (Wildman–Crippen LogP) is 12.6. The number of para-hydroxylation sites is 2. The largest absolute Gasteiger partial charge is 0.309 e. The van der Waals surface area contributed by atoms with Crippen LogP contribution in [-0.4, -0.2) is 14.5 Å². The van der Waals surface area contributed by atoms with Crippen LogP contribution in [0, 0.1) is 0 Å². The lowest BCUT2D eigenvalue weighted by Gasteiger charge is -2.12. The molecule has 10 rings (SSSR count). The van der Waals surface area contributed by atoms with Crippen molar-refractivity contribution in [1.82, 2.24) is 14.5 Å². The number of thiophene rings is 1. The number of hydrogen-bond acceptors (Lipinski definition) is 3. The fourth-order valence-corrected chi connectivity index (χ4v) is 7.69. The van der Waals surface area contributed by atoms with Crippen molar-refractivity contribution < 1.29 is 16.4 Å². The summed E-state index contributed by atoms with van der Waals surface area (Å²) in [6, 6.07) is 25.7. The van der Waals surface area contributed by atoms with Gasteiger partial charge in [0.25, 0.3) is 0 Å². The molecule has 7 aromatic carbocycles. The van der Waals surface area contributed by atoms with E-state index in [1.54, 1.807) is 17.4 Å². The van der Waals surface area contributed by atoms with Gasteiger partial charge in [0.2, 0.25) is 0 Å². The third kappa shape index (κ3) is 4.73. The molecule has 0 aliphatic heterocycles. The zero-order chi connectivity index (χ0) is 43.5. The summed E-state index contributed by atoms with van der Waals surface area (Å²) in [5.74, 6) is 0.274. The molecule has 0 saturated heterocycles. The molecule has 3 nitrogen and oxygen atoms in total. The number of fused-ring (bicyclic) bond motifs is 6. The first-order chi connectivity index (χ1) is 29.8. The monoisotopic (exact) mass is 667 g/mol. The average Bonchev–Trinajstić information content (AvgIpc) is 3.86. The molecule has 10 aromatic rings. The van der Waals surface area contributed by atoms with Gasteiger partial charge in [-0.25, -0.2) is 9.97 Å². The van der Waals surface area contributed by atoms with E-state index >= 15 is 0 Å². The van der Waals surface area contributed by atoms with E-state index in [0.29, 0.717) is 16.8 Å². The lowest BCUT2D eigenvalue weighted by Crippen LogP contribution is -1.97. The average molecular weight is 668 g/mol. The highest BCUT2D eigenvalue weighted by molar-refractivity contribution is 7.26. The van der Waals surface area contributed by atoms with Crippen LogP contribution in [0.3, 0.4) is 0 Å². The fraction of sp³-hybridized carbons (Fsp3) is 0. The minimum atomic E-state index is -0.704. The molecule has 50 heavy (non-hydrogen) atoms. The standard InChI is InChI=1S/C46H29N3S/c1-3-13-30(14-4-1)31-15-11-16-32(27-31)40-29-41(48-46(47-40)39-22-12-21-38-37-20-8-10-24-44(37)50-45(38)39)33-25-26-36-35-19-7-9-23-42(35)49(43(36)28-33)34-17-5-2-6-18-34/h1-29H/i2D,5D,6D,7D,9D,17D,18D,19D,23D,25D,26D,28D. The van der Waals surface area contributed by atoms with Gasteiger partial charge in [-0.15, -0.1) is 11.3 Å². The van der Waals surface area contributed by atoms with Gasteiger partial charge < -0.3 is 4.57 Å². The first-order valence-electron chi connectivity index (χ1n) is 21.9. The van der Waals surface area contributed by atoms with Crippen LogP contribution >= 0.6 is 11.3 Å². The molecule has 0 fully saturated rings. The molecular weight excluding hydrogens is 627 g/mol. The van der Waals surface area contributed by atoms with E-state index in [1.807, 2.05) is 97.1 Å². The second-order valence-electron chi connectivity index (χ2n) is 11.7. The number of aromatic nitrogens is 3. The second kappa shape index (κ2) is 11.7. The Hall–Kier alpha value is -6.36. The van der Waals surface area contributed by atoms with E-state index in [9.17, 15) is 4.11 Å². The molecule has 0 saturated carbocycles. The van der Waals surface area contributed by atoms with Gasteiger partial charge in [0, 0.05) is 53.3 Å². The number of benzene rings is 7. The minimum Gasteiger partial charge on any atom is -0.309 e. The third-order valence-electron chi connectivity index (χ3n) is 8.76. The van der Waals surface area contributed by atoms with Crippen molar-refractivity contribution in [2.24, 2.45) is 0 Å². The number of rotatable bonds is 5. The molecule has 0 aliphatic rings. The van der Waals surface area contributed by atoms with Crippen molar-refractivity contribution in [2.45, 2.75) is 0 Å². The van der Waals surface area contributed by atoms with Crippen LogP contribution in [0.1, 0.15) is 16.4 Å². The zero-order valence-corrected chi connectivity index (χ0v) is 26.9. The molecular formula is C46H29N3S. The Kier molecular flexibility index (Phi) is 4.43. The Labute approximate surface area is 310 Å². The SMILES string of the molecule is [2H]c1c([2H])c([2H])c(-n2c3c([2H])c([2H])c([2H])c([2H])c3c3c([2H])c([2H])c(-c4cc(-c5cccc(-c6ccccc6)c5)nc(-c5cccc6c5sc5ccccc56)n4)c([2H])c32)c([2H])c1[2H]. The summed E-state index contributed by atoms with van der Waals surface area (Å²) in [7, 11) is 0. The van der Waals surface area contributed by atoms with Gasteiger partial charge >= 0.3 is 0 Å². The summed E-state index contributed by atoms with van der Waals surface area (Å²) >= 11 is 1.58. The van der Waals surface area contributed by atoms with Crippen molar-refractivity contribution in [2.75, 3.05) is 0 Å². The van der Waals surface area contributed by atoms with Crippen LogP contribution < -0.4 is 0 Å². The summed E-state index contributed by atoms with van der Waals surface area (Å²) in [6.07, 6.45) is 0. The maximum Gasteiger partial charge on any atom is 0.161 e. The maximum atomic E-state index is 9.92. The lowest BCUT2D eigenvalue weighted by atomic mass is 10.00. The van der Waals surface area contributed by atoms with Crippen molar-refractivity contribution in [3.05, 3.63) is 176 Å². The predicted molar refractivity (Wildman–Crippen MR) is 211 cm³/mol. The van der Waals surface area contributed by atoms with E-state index in [4.69, 9.17) is 22.3 Å². The van der Waals surface area contributed by atoms with Crippen molar-refractivity contribution in [1.29, 1.82) is 0 Å². The molecule has 3 heterocycles. The number of nitrogens with zero attached hydrogens (tertiary/aromatic N) is 3. The summed E-state index contributed by atoms with van der Waals surface area (Å²) in [6.45, 7) is 0. The molecule has 0 atom stereocenters. The van der Waals surface area contributed by atoms with Gasteiger partial charge in [-0.2, -0.15) is 0 Å². The topological polar surface area (TPSA) is 30.7 Å². The molecule has 0 radical (unpaired) electrons. The molecule has 0 aliphatic carbocycles. The van der Waals surface area contributed by atoms with Crippen LogP contribution in [0.4, 0.5) is 0 Å². The smallest absolute Gasteiger partial charge is 0.161 e. The first-order valence-corrected chi connectivity index (χ1v) is 16.7. The van der Waals surface area contributed by atoms with Gasteiger partial charge in [-0.3, -0.25) is 0 Å². The maximum absolute atomic E-state index is 9.92. The molecule has 0 bridgehead atoms. The summed E-state index contributed by atoms with van der Waals surface area (Å²) < 4.78 is 110. The Morgan fingerprint density at radius 3 is 2.10 bits per heavy atom. The third-order valence-corrected chi connectivity index (χ3v) is 9.98. The molecule has 234 valence electrons. The van der Waals surface area contributed by atoms with Crippen LogP contribution in [-0.2, 0) is 0 Å². The van der Waals surface area contributed by atoms with Crippen LogP contribution in [0.25, 0.3) is 92.7 Å². The quantitative estimate of drug-likeness (QED) is 0.183. The van der Waals surface area contributed by atoms with Gasteiger partial charge in [-0.1, -0.05) is 127 Å². The Balaban J connectivity index is 1.34. The molecule has 0 unspecified atom stereocenters. The molecule has 4 heteroatoms. The number of hydrogen-bond donors (Lipinski definition) is 0. The first kappa shape index (κ1) is 19.0. The van der Waals surface area contributed by atoms with Crippen LogP contribution in [0.15, 0.2) is 176 Å². The van der Waals surface area contributed by atoms with E-state index in [0.717, 1.165) is 35.9 Å². The Morgan fingerprint density at radius 2 is 1.20 bits per heavy atom. The molecule has 3 aromatic heterocycles. The molecule has 0 spiro atoms. The van der Waals surface area contributed by atoms with Crippen LogP contribution in [0.2, 0.25) is 0 Å². The highest BCUT2D eigenvalue weighted by Gasteiger charge is 2.18. The fourth-order valence-electron chi connectivity index (χ4n) is 6.47. The lowest BCUT2D eigenvalue weighted by molar-refractivity contribution is 1.17. The van der Waals surface area contributed by atoms with Crippen molar-refractivity contribution in [3.63, 3.8) is 0 Å². The Morgan fingerprint density at radius 1 is 0.500 bits per heavy atom. The Bertz CT molecular complexity index is 3540. The second-order valence-corrected chi connectivity index (χ2v) is 12.7. The van der Waals surface area contributed by atoms with E-state index in [2.05, 4.69) is 0 Å². The van der Waals surface area contributed by atoms with Gasteiger partial charge in [-0.05, 0) is 59.6 Å². The van der Waals surface area contributed by atoms with E-state index < -0.39 is 78.2 Å². The normalized spacial score (nSPS) is 15.0. The van der Waals surface area contributed by atoms with Crippen molar-refractivity contribution >= 4 is 53.3 Å². The molecule has 0 N–H and O–H groups in total. The highest BCUT2D eigenvalue weighted by atomic mass is 32.1. The van der Waals surface area contributed by atoms with E-state index in [1.165, 1.54) is 0 Å².